The van der Waals surface area contributed by atoms with E-state index in [4.69, 9.17) is 4.74 Å². The number of alkyl halides is 8. The smallest absolute Gasteiger partial charge is 0.378 e. The average Bonchev–Trinajstić information content (AvgIpc) is 2.47. The Balaban J connectivity index is 2.81. The maximum Gasteiger partial charge on any atom is 0.378 e. The molecule has 1 aliphatic carbocycles. The van der Waals surface area contributed by atoms with Crippen molar-refractivity contribution in [3.63, 3.8) is 0 Å². The topological polar surface area (TPSA) is 26.3 Å². The standard InChI is InChI=1S/C14H16F8O2/c1-7(2)10(23)24-9-5-3-8(4-6-9)12(17,18)14(21,22)13(19,20)11(15)16/h8-9,11H,1,3-6H2,2H3. The summed E-state index contributed by atoms with van der Waals surface area (Å²) in [5.74, 6) is -20.7. The van der Waals surface area contributed by atoms with Gasteiger partial charge in [-0.05, 0) is 32.6 Å². The number of carbonyl (C=O) groups is 1. The average molecular weight is 368 g/mol. The fourth-order valence-electron chi connectivity index (χ4n) is 2.41. The van der Waals surface area contributed by atoms with E-state index in [0.717, 1.165) is 0 Å². The second-order valence-electron chi connectivity index (χ2n) is 5.78. The quantitative estimate of drug-likeness (QED) is 0.381. The van der Waals surface area contributed by atoms with Gasteiger partial charge in [0.25, 0.3) is 0 Å². The summed E-state index contributed by atoms with van der Waals surface area (Å²) in [4.78, 5) is 11.3. The molecular formula is C14H16F8O2. The molecule has 1 saturated carbocycles. The number of hydrogen-bond acceptors (Lipinski definition) is 2. The van der Waals surface area contributed by atoms with Gasteiger partial charge in [0.1, 0.15) is 6.10 Å². The van der Waals surface area contributed by atoms with Crippen LogP contribution >= 0.6 is 0 Å². The molecule has 0 aromatic rings. The van der Waals surface area contributed by atoms with Crippen LogP contribution in [0.4, 0.5) is 35.1 Å². The van der Waals surface area contributed by atoms with E-state index in [-0.39, 0.29) is 18.4 Å². The van der Waals surface area contributed by atoms with Gasteiger partial charge in [-0.1, -0.05) is 6.58 Å². The highest BCUT2D eigenvalue weighted by Gasteiger charge is 2.76. The summed E-state index contributed by atoms with van der Waals surface area (Å²) in [7, 11) is 0. The zero-order valence-corrected chi connectivity index (χ0v) is 12.6. The highest BCUT2D eigenvalue weighted by Crippen LogP contribution is 2.54. The lowest BCUT2D eigenvalue weighted by Crippen LogP contribution is -2.60. The van der Waals surface area contributed by atoms with E-state index in [0.29, 0.717) is 0 Å². The van der Waals surface area contributed by atoms with Crippen molar-refractivity contribution in [1.82, 2.24) is 0 Å². The molecule has 0 amide bonds. The summed E-state index contributed by atoms with van der Waals surface area (Å²) in [5, 5.41) is 0. The van der Waals surface area contributed by atoms with Gasteiger partial charge in [0.15, 0.2) is 0 Å². The van der Waals surface area contributed by atoms with E-state index in [1.807, 2.05) is 0 Å². The van der Waals surface area contributed by atoms with Crippen LogP contribution in [0.5, 0.6) is 0 Å². The van der Waals surface area contributed by atoms with Gasteiger partial charge in [0.2, 0.25) is 0 Å². The molecule has 0 aliphatic heterocycles. The van der Waals surface area contributed by atoms with Crippen LogP contribution in [0.15, 0.2) is 12.2 Å². The van der Waals surface area contributed by atoms with Crippen LogP contribution in [0.2, 0.25) is 0 Å². The second kappa shape index (κ2) is 6.87. The first-order valence-electron chi connectivity index (χ1n) is 7.03. The van der Waals surface area contributed by atoms with E-state index in [2.05, 4.69) is 6.58 Å². The highest BCUT2D eigenvalue weighted by atomic mass is 19.4. The number of esters is 1. The molecule has 0 radical (unpaired) electrons. The van der Waals surface area contributed by atoms with Crippen molar-refractivity contribution in [3.8, 4) is 0 Å². The number of carbonyl (C=O) groups excluding carboxylic acids is 1. The van der Waals surface area contributed by atoms with Gasteiger partial charge in [0, 0.05) is 11.5 Å². The predicted molar refractivity (Wildman–Crippen MR) is 67.5 cm³/mol. The number of hydrogen-bond donors (Lipinski definition) is 0. The van der Waals surface area contributed by atoms with Crippen molar-refractivity contribution in [2.45, 2.75) is 62.9 Å². The van der Waals surface area contributed by atoms with Crippen LogP contribution in [0.3, 0.4) is 0 Å². The van der Waals surface area contributed by atoms with Gasteiger partial charge in [0.05, 0.1) is 0 Å². The van der Waals surface area contributed by atoms with Gasteiger partial charge < -0.3 is 4.74 Å². The molecule has 10 heteroatoms. The lowest BCUT2D eigenvalue weighted by Gasteiger charge is -2.39. The van der Waals surface area contributed by atoms with E-state index in [1.165, 1.54) is 6.92 Å². The zero-order valence-electron chi connectivity index (χ0n) is 12.6. The summed E-state index contributed by atoms with van der Waals surface area (Å²) >= 11 is 0. The lowest BCUT2D eigenvalue weighted by atomic mass is 9.79. The summed E-state index contributed by atoms with van der Waals surface area (Å²) in [6.07, 6.45) is -7.64. The largest absolute Gasteiger partial charge is 0.459 e. The molecule has 0 spiro atoms. The predicted octanol–water partition coefficient (Wildman–Crippen LogP) is 4.84. The maximum absolute atomic E-state index is 13.8. The fraction of sp³-hybridized carbons (Fsp3) is 0.786. The molecule has 0 bridgehead atoms. The summed E-state index contributed by atoms with van der Waals surface area (Å²) < 4.78 is 109. The Morgan fingerprint density at radius 2 is 1.50 bits per heavy atom. The minimum atomic E-state index is -6.19. The monoisotopic (exact) mass is 368 g/mol. The van der Waals surface area contributed by atoms with Gasteiger partial charge in [-0.25, -0.2) is 13.6 Å². The molecule has 1 fully saturated rings. The van der Waals surface area contributed by atoms with E-state index in [9.17, 15) is 39.9 Å². The Bertz CT molecular complexity index is 481. The van der Waals surface area contributed by atoms with Crippen LogP contribution in [-0.2, 0) is 9.53 Å². The summed E-state index contributed by atoms with van der Waals surface area (Å²) in [5.41, 5.74) is 0.0468. The van der Waals surface area contributed by atoms with E-state index < -0.39 is 55.0 Å². The molecule has 140 valence electrons. The first kappa shape index (κ1) is 20.7. The molecular weight excluding hydrogens is 352 g/mol. The van der Waals surface area contributed by atoms with Gasteiger partial charge in [-0.2, -0.15) is 26.3 Å². The summed E-state index contributed by atoms with van der Waals surface area (Å²) in [6.45, 7) is 4.64. The zero-order chi connectivity index (χ0) is 18.9. The van der Waals surface area contributed by atoms with Gasteiger partial charge in [-0.15, -0.1) is 0 Å². The Morgan fingerprint density at radius 1 is 1.04 bits per heavy atom. The molecule has 0 N–H and O–H groups in total. The molecule has 0 atom stereocenters. The Hall–Kier alpha value is -1.35. The van der Waals surface area contributed by atoms with Crippen LogP contribution in [0.25, 0.3) is 0 Å². The molecule has 0 unspecified atom stereocenters. The van der Waals surface area contributed by atoms with Crippen molar-refractivity contribution in [2.75, 3.05) is 0 Å². The van der Waals surface area contributed by atoms with Gasteiger partial charge >= 0.3 is 30.2 Å². The molecule has 24 heavy (non-hydrogen) atoms. The molecule has 2 nitrogen and oxygen atoms in total. The van der Waals surface area contributed by atoms with Crippen LogP contribution in [0, 0.1) is 5.92 Å². The summed E-state index contributed by atoms with van der Waals surface area (Å²) in [6, 6.07) is 0. The van der Waals surface area contributed by atoms with E-state index in [1.54, 1.807) is 0 Å². The van der Waals surface area contributed by atoms with Crippen molar-refractivity contribution in [2.24, 2.45) is 5.92 Å². The van der Waals surface area contributed by atoms with Crippen LogP contribution in [-0.4, -0.2) is 36.3 Å². The molecule has 1 rings (SSSR count). The minimum Gasteiger partial charge on any atom is -0.459 e. The van der Waals surface area contributed by atoms with Crippen molar-refractivity contribution < 1.29 is 44.7 Å². The van der Waals surface area contributed by atoms with Crippen LogP contribution in [0.1, 0.15) is 32.6 Å². The van der Waals surface area contributed by atoms with E-state index >= 15 is 0 Å². The van der Waals surface area contributed by atoms with Gasteiger partial charge in [-0.3, -0.25) is 0 Å². The fourth-order valence-corrected chi connectivity index (χ4v) is 2.41. The van der Waals surface area contributed by atoms with Crippen molar-refractivity contribution in [3.05, 3.63) is 12.2 Å². The minimum absolute atomic E-state index is 0.0468. The third-order valence-corrected chi connectivity index (χ3v) is 3.92. The Morgan fingerprint density at radius 3 is 1.88 bits per heavy atom. The van der Waals surface area contributed by atoms with Crippen molar-refractivity contribution in [1.29, 1.82) is 0 Å². The third-order valence-electron chi connectivity index (χ3n) is 3.92. The number of rotatable bonds is 6. The molecule has 0 saturated heterocycles. The number of ether oxygens (including phenoxy) is 1. The highest BCUT2D eigenvalue weighted by molar-refractivity contribution is 5.87. The maximum atomic E-state index is 13.8. The molecule has 0 aromatic heterocycles. The van der Waals surface area contributed by atoms with Crippen LogP contribution < -0.4 is 0 Å². The molecule has 0 heterocycles. The third kappa shape index (κ3) is 3.66. The first-order chi connectivity index (χ1) is 10.7. The second-order valence-corrected chi connectivity index (χ2v) is 5.78. The Kier molecular flexibility index (Phi) is 5.93. The van der Waals surface area contributed by atoms with Crippen molar-refractivity contribution >= 4 is 5.97 Å². The normalized spacial score (nSPS) is 23.2. The molecule has 0 aromatic carbocycles. The lowest BCUT2D eigenvalue weighted by molar-refractivity contribution is -0.352. The molecule has 1 aliphatic rings. The SMILES string of the molecule is C=C(C)C(=O)OC1CCC(C(F)(F)C(F)(F)C(F)(F)C(F)F)CC1. The number of halogens is 8. The first-order valence-corrected chi connectivity index (χ1v) is 7.03. The Labute approximate surface area is 132 Å².